The van der Waals surface area contributed by atoms with Gasteiger partial charge in [-0.1, -0.05) is 18.2 Å². The zero-order chi connectivity index (χ0) is 9.26. The van der Waals surface area contributed by atoms with Gasteiger partial charge in [0.25, 0.3) is 0 Å². The highest BCUT2D eigenvalue weighted by molar-refractivity contribution is 5.87. The quantitative estimate of drug-likeness (QED) is 0.542. The smallest absolute Gasteiger partial charge is 0.103 e. The molecule has 13 heavy (non-hydrogen) atoms. The molecule has 0 aliphatic heterocycles. The van der Waals surface area contributed by atoms with Gasteiger partial charge in [0, 0.05) is 5.92 Å². The number of aliphatic imine (C=N–C) groups is 1. The van der Waals surface area contributed by atoms with E-state index in [9.17, 15) is 0 Å². The number of aryl methyl sites for hydroxylation is 1. The van der Waals surface area contributed by atoms with Crippen LogP contribution in [0.5, 0.6) is 0 Å². The van der Waals surface area contributed by atoms with Crippen molar-refractivity contribution in [1.82, 2.24) is 0 Å². The van der Waals surface area contributed by atoms with Crippen molar-refractivity contribution >= 4 is 11.5 Å². The van der Waals surface area contributed by atoms with Crippen molar-refractivity contribution in [3.63, 3.8) is 0 Å². The second kappa shape index (κ2) is 3.21. The van der Waals surface area contributed by atoms with Crippen molar-refractivity contribution < 1.29 is 0 Å². The summed E-state index contributed by atoms with van der Waals surface area (Å²) in [6.45, 7) is 2.05. The van der Waals surface area contributed by atoms with Gasteiger partial charge in [-0.15, -0.1) is 0 Å². The third-order valence-corrected chi connectivity index (χ3v) is 2.36. The molecule has 1 aromatic carbocycles. The summed E-state index contributed by atoms with van der Waals surface area (Å²) in [6, 6.07) is 8.07. The highest BCUT2D eigenvalue weighted by Crippen LogP contribution is 2.30. The Morgan fingerprint density at radius 3 is 2.69 bits per heavy atom. The molecule has 0 heterocycles. The van der Waals surface area contributed by atoms with E-state index in [1.165, 1.54) is 18.4 Å². The highest BCUT2D eigenvalue weighted by Gasteiger charge is 2.25. The zero-order valence-electron chi connectivity index (χ0n) is 7.83. The molecular formula is C11H14N2. The van der Waals surface area contributed by atoms with Gasteiger partial charge in [-0.05, 0) is 31.4 Å². The van der Waals surface area contributed by atoms with Gasteiger partial charge < -0.3 is 5.73 Å². The van der Waals surface area contributed by atoms with Gasteiger partial charge in [0.15, 0.2) is 0 Å². The summed E-state index contributed by atoms with van der Waals surface area (Å²) in [5, 5.41) is 0. The molecule has 2 N–H and O–H groups in total. The largest absolute Gasteiger partial charge is 0.387 e. The van der Waals surface area contributed by atoms with E-state index < -0.39 is 0 Å². The number of nitrogens with two attached hydrogens (primary N) is 1. The Morgan fingerprint density at radius 1 is 1.38 bits per heavy atom. The number of benzene rings is 1. The Morgan fingerprint density at radius 2 is 2.08 bits per heavy atom. The van der Waals surface area contributed by atoms with Crippen LogP contribution in [0.2, 0.25) is 0 Å². The molecule has 0 atom stereocenters. The average molecular weight is 174 g/mol. The minimum Gasteiger partial charge on any atom is -0.387 e. The third-order valence-electron chi connectivity index (χ3n) is 2.36. The fourth-order valence-electron chi connectivity index (χ4n) is 1.30. The van der Waals surface area contributed by atoms with E-state index in [0.717, 1.165) is 11.5 Å². The summed E-state index contributed by atoms with van der Waals surface area (Å²) in [5.41, 5.74) is 8.02. The van der Waals surface area contributed by atoms with E-state index in [0.29, 0.717) is 5.92 Å². The second-order valence-corrected chi connectivity index (χ2v) is 3.60. The van der Waals surface area contributed by atoms with Crippen LogP contribution in [0.25, 0.3) is 0 Å². The van der Waals surface area contributed by atoms with Gasteiger partial charge >= 0.3 is 0 Å². The zero-order valence-corrected chi connectivity index (χ0v) is 7.83. The Hall–Kier alpha value is -1.31. The van der Waals surface area contributed by atoms with Gasteiger partial charge in [0.05, 0.1) is 5.69 Å². The SMILES string of the molecule is Cc1ccccc1N=C(N)C1CC1. The first-order valence-electron chi connectivity index (χ1n) is 4.67. The molecular weight excluding hydrogens is 160 g/mol. The first-order valence-corrected chi connectivity index (χ1v) is 4.67. The van der Waals surface area contributed by atoms with Crippen LogP contribution in [0.3, 0.4) is 0 Å². The summed E-state index contributed by atoms with van der Waals surface area (Å²) < 4.78 is 0. The maximum atomic E-state index is 5.83. The van der Waals surface area contributed by atoms with Crippen molar-refractivity contribution in [3.8, 4) is 0 Å². The Labute approximate surface area is 78.5 Å². The first-order chi connectivity index (χ1) is 6.27. The number of hydrogen-bond donors (Lipinski definition) is 1. The predicted octanol–water partition coefficient (Wildman–Crippen LogP) is 2.39. The maximum absolute atomic E-state index is 5.83. The van der Waals surface area contributed by atoms with Gasteiger partial charge in [-0.25, -0.2) is 4.99 Å². The lowest BCUT2D eigenvalue weighted by molar-refractivity contribution is 1.15. The van der Waals surface area contributed by atoms with Gasteiger partial charge in [0.2, 0.25) is 0 Å². The summed E-state index contributed by atoms with van der Waals surface area (Å²) in [4.78, 5) is 4.42. The number of para-hydroxylation sites is 1. The van der Waals surface area contributed by atoms with E-state index >= 15 is 0 Å². The van der Waals surface area contributed by atoms with E-state index in [-0.39, 0.29) is 0 Å². The Balaban J connectivity index is 2.25. The predicted molar refractivity (Wildman–Crippen MR) is 55.2 cm³/mol. The van der Waals surface area contributed by atoms with Crippen LogP contribution in [-0.2, 0) is 0 Å². The number of amidine groups is 1. The van der Waals surface area contributed by atoms with Gasteiger partial charge in [-0.3, -0.25) is 0 Å². The van der Waals surface area contributed by atoms with E-state index in [4.69, 9.17) is 5.73 Å². The average Bonchev–Trinajstić information content (AvgIpc) is 2.91. The van der Waals surface area contributed by atoms with Gasteiger partial charge in [-0.2, -0.15) is 0 Å². The molecule has 2 heteroatoms. The van der Waals surface area contributed by atoms with E-state index in [1.54, 1.807) is 0 Å². The molecule has 1 aliphatic carbocycles. The van der Waals surface area contributed by atoms with Crippen LogP contribution in [0.15, 0.2) is 29.3 Å². The summed E-state index contributed by atoms with van der Waals surface area (Å²) in [7, 11) is 0. The van der Waals surface area contributed by atoms with Crippen molar-refractivity contribution in [1.29, 1.82) is 0 Å². The van der Waals surface area contributed by atoms with Crippen LogP contribution in [0, 0.1) is 12.8 Å². The molecule has 0 bridgehead atoms. The first kappa shape index (κ1) is 8.30. The molecule has 1 aromatic rings. The molecule has 0 spiro atoms. The highest BCUT2D eigenvalue weighted by atomic mass is 14.9. The van der Waals surface area contributed by atoms with Crippen molar-refractivity contribution in [2.45, 2.75) is 19.8 Å². The van der Waals surface area contributed by atoms with Crippen LogP contribution in [0.1, 0.15) is 18.4 Å². The monoisotopic (exact) mass is 174 g/mol. The lowest BCUT2D eigenvalue weighted by Gasteiger charge is -2.00. The molecule has 0 amide bonds. The maximum Gasteiger partial charge on any atom is 0.103 e. The molecule has 2 rings (SSSR count). The topological polar surface area (TPSA) is 38.4 Å². The molecule has 1 aliphatic rings. The molecule has 0 aromatic heterocycles. The molecule has 0 unspecified atom stereocenters. The lowest BCUT2D eigenvalue weighted by atomic mass is 10.2. The van der Waals surface area contributed by atoms with E-state index in [2.05, 4.69) is 18.0 Å². The van der Waals surface area contributed by atoms with Crippen LogP contribution < -0.4 is 5.73 Å². The van der Waals surface area contributed by atoms with Gasteiger partial charge in [0.1, 0.15) is 5.84 Å². The standard InChI is InChI=1S/C11H14N2/c1-8-4-2-3-5-10(8)13-11(12)9-6-7-9/h2-5,9H,6-7H2,1H3,(H2,12,13). The van der Waals surface area contributed by atoms with Crippen molar-refractivity contribution in [2.75, 3.05) is 0 Å². The molecule has 2 nitrogen and oxygen atoms in total. The fraction of sp³-hybridized carbons (Fsp3) is 0.364. The fourth-order valence-corrected chi connectivity index (χ4v) is 1.30. The van der Waals surface area contributed by atoms with E-state index in [1.807, 2.05) is 18.2 Å². The summed E-state index contributed by atoms with van der Waals surface area (Å²) >= 11 is 0. The van der Waals surface area contributed by atoms with Crippen LogP contribution >= 0.6 is 0 Å². The molecule has 1 fully saturated rings. The third kappa shape index (κ3) is 1.89. The van der Waals surface area contributed by atoms with Crippen LogP contribution in [0.4, 0.5) is 5.69 Å². The van der Waals surface area contributed by atoms with Crippen molar-refractivity contribution in [2.24, 2.45) is 16.6 Å². The number of hydrogen-bond acceptors (Lipinski definition) is 1. The minimum atomic E-state index is 0.555. The number of rotatable bonds is 2. The summed E-state index contributed by atoms with van der Waals surface area (Å²) in [6.07, 6.45) is 2.42. The normalized spacial score (nSPS) is 17.5. The van der Waals surface area contributed by atoms with Crippen LogP contribution in [-0.4, -0.2) is 5.84 Å². The number of nitrogens with zero attached hydrogens (tertiary/aromatic N) is 1. The summed E-state index contributed by atoms with van der Waals surface area (Å²) in [5.74, 6) is 1.36. The molecule has 1 saturated carbocycles. The molecule has 68 valence electrons. The Kier molecular flexibility index (Phi) is 2.05. The molecule has 0 saturated heterocycles. The molecule has 0 radical (unpaired) electrons. The minimum absolute atomic E-state index is 0.555. The van der Waals surface area contributed by atoms with Crippen molar-refractivity contribution in [3.05, 3.63) is 29.8 Å². The Bertz CT molecular complexity index is 338. The lowest BCUT2D eigenvalue weighted by Crippen LogP contribution is -2.13. The second-order valence-electron chi connectivity index (χ2n) is 3.60.